The molecular formula is C22H18N2O2. The van der Waals surface area contributed by atoms with Crippen molar-refractivity contribution in [1.82, 2.24) is 9.78 Å². The van der Waals surface area contributed by atoms with Gasteiger partial charge in [0.25, 0.3) is 5.56 Å². The van der Waals surface area contributed by atoms with Crippen LogP contribution < -0.4 is 5.56 Å². The van der Waals surface area contributed by atoms with Gasteiger partial charge in [0.05, 0.1) is 23.7 Å². The molecule has 4 nitrogen and oxygen atoms in total. The summed E-state index contributed by atoms with van der Waals surface area (Å²) in [6.07, 6.45) is -0.800. The van der Waals surface area contributed by atoms with E-state index in [0.29, 0.717) is 5.39 Å². The van der Waals surface area contributed by atoms with E-state index in [4.69, 9.17) is 0 Å². The van der Waals surface area contributed by atoms with Crippen molar-refractivity contribution in [1.29, 1.82) is 0 Å². The monoisotopic (exact) mass is 342 g/mol. The molecule has 3 aromatic carbocycles. The van der Waals surface area contributed by atoms with E-state index in [2.05, 4.69) is 5.10 Å². The number of aliphatic hydroxyl groups excluding tert-OH is 1. The Morgan fingerprint density at radius 3 is 2.08 bits per heavy atom. The van der Waals surface area contributed by atoms with Crippen molar-refractivity contribution >= 4 is 10.8 Å². The van der Waals surface area contributed by atoms with Crippen LogP contribution in [0.3, 0.4) is 0 Å². The van der Waals surface area contributed by atoms with Crippen LogP contribution in [0.1, 0.15) is 11.7 Å². The van der Waals surface area contributed by atoms with Crippen LogP contribution in [0, 0.1) is 0 Å². The summed E-state index contributed by atoms with van der Waals surface area (Å²) >= 11 is 0. The third kappa shape index (κ3) is 3.03. The van der Waals surface area contributed by atoms with Gasteiger partial charge in [-0.05, 0) is 11.6 Å². The van der Waals surface area contributed by atoms with Crippen LogP contribution in [0.5, 0.6) is 0 Å². The van der Waals surface area contributed by atoms with E-state index < -0.39 is 6.10 Å². The molecule has 26 heavy (non-hydrogen) atoms. The van der Waals surface area contributed by atoms with Crippen molar-refractivity contribution in [3.8, 4) is 11.3 Å². The van der Waals surface area contributed by atoms with Crippen molar-refractivity contribution in [2.24, 2.45) is 0 Å². The molecule has 0 aliphatic heterocycles. The molecule has 128 valence electrons. The lowest BCUT2D eigenvalue weighted by Gasteiger charge is -2.15. The zero-order valence-corrected chi connectivity index (χ0v) is 14.1. The van der Waals surface area contributed by atoms with Gasteiger partial charge >= 0.3 is 0 Å². The number of benzene rings is 3. The van der Waals surface area contributed by atoms with E-state index >= 15 is 0 Å². The highest BCUT2D eigenvalue weighted by Gasteiger charge is 2.15. The maximum Gasteiger partial charge on any atom is 0.274 e. The number of nitrogens with zero attached hydrogens (tertiary/aromatic N) is 2. The van der Waals surface area contributed by atoms with E-state index in [-0.39, 0.29) is 12.1 Å². The molecule has 1 aromatic heterocycles. The second-order valence-electron chi connectivity index (χ2n) is 6.17. The summed E-state index contributed by atoms with van der Waals surface area (Å²) in [5.41, 5.74) is 2.23. The van der Waals surface area contributed by atoms with Gasteiger partial charge in [-0.3, -0.25) is 4.79 Å². The first-order valence-electron chi connectivity index (χ1n) is 8.52. The highest BCUT2D eigenvalue weighted by molar-refractivity contribution is 5.93. The number of fused-ring (bicyclic) bond motifs is 1. The quantitative estimate of drug-likeness (QED) is 0.614. The van der Waals surface area contributed by atoms with E-state index in [9.17, 15) is 9.90 Å². The first-order valence-corrected chi connectivity index (χ1v) is 8.52. The molecule has 1 unspecified atom stereocenters. The molecule has 1 N–H and O–H groups in total. The van der Waals surface area contributed by atoms with Gasteiger partial charge in [-0.1, -0.05) is 78.9 Å². The predicted octanol–water partition coefficient (Wildman–Crippen LogP) is 3.80. The minimum atomic E-state index is -0.800. The molecule has 0 saturated carbocycles. The van der Waals surface area contributed by atoms with E-state index in [0.717, 1.165) is 22.2 Å². The van der Waals surface area contributed by atoms with E-state index in [1.807, 2.05) is 78.9 Å². The SMILES string of the molecule is O=c1c2ccccc2c(-c2ccccc2)nn1CC(O)c1ccccc1. The van der Waals surface area contributed by atoms with Crippen LogP contribution >= 0.6 is 0 Å². The zero-order chi connectivity index (χ0) is 17.9. The Morgan fingerprint density at radius 1 is 0.808 bits per heavy atom. The molecule has 0 fully saturated rings. The van der Waals surface area contributed by atoms with E-state index in [1.54, 1.807) is 6.07 Å². The lowest BCUT2D eigenvalue weighted by molar-refractivity contribution is 0.150. The molecule has 0 bridgehead atoms. The average Bonchev–Trinajstić information content (AvgIpc) is 2.71. The minimum absolute atomic E-state index is 0.105. The number of aliphatic hydroxyl groups is 1. The van der Waals surface area contributed by atoms with Crippen molar-refractivity contribution in [2.75, 3.05) is 0 Å². The number of hydrogen-bond donors (Lipinski definition) is 1. The molecule has 1 atom stereocenters. The van der Waals surface area contributed by atoms with Gasteiger partial charge < -0.3 is 5.11 Å². The van der Waals surface area contributed by atoms with Gasteiger partial charge in [-0.25, -0.2) is 4.68 Å². The topological polar surface area (TPSA) is 55.1 Å². The second kappa shape index (κ2) is 6.94. The van der Waals surface area contributed by atoms with Crippen LogP contribution in [-0.2, 0) is 6.54 Å². The fourth-order valence-electron chi connectivity index (χ4n) is 3.11. The Hall–Kier alpha value is -3.24. The van der Waals surface area contributed by atoms with Crippen LogP contribution in [0.2, 0.25) is 0 Å². The van der Waals surface area contributed by atoms with Gasteiger partial charge in [0, 0.05) is 10.9 Å². The van der Waals surface area contributed by atoms with Crippen molar-refractivity contribution in [3.63, 3.8) is 0 Å². The Bertz CT molecular complexity index is 1090. The highest BCUT2D eigenvalue weighted by atomic mass is 16.3. The Balaban J connectivity index is 1.85. The summed E-state index contributed by atoms with van der Waals surface area (Å²) in [5.74, 6) is 0. The molecule has 0 aliphatic rings. The van der Waals surface area contributed by atoms with Gasteiger partial charge in [-0.2, -0.15) is 5.10 Å². The van der Waals surface area contributed by atoms with Crippen LogP contribution in [-0.4, -0.2) is 14.9 Å². The fraction of sp³-hybridized carbons (Fsp3) is 0.0909. The second-order valence-corrected chi connectivity index (χ2v) is 6.17. The highest BCUT2D eigenvalue weighted by Crippen LogP contribution is 2.24. The average molecular weight is 342 g/mol. The Labute approximate surface area is 151 Å². The molecular weight excluding hydrogens is 324 g/mol. The molecule has 0 radical (unpaired) electrons. The molecule has 0 spiro atoms. The molecule has 0 aliphatic carbocycles. The summed E-state index contributed by atoms with van der Waals surface area (Å²) in [6, 6.07) is 26.5. The van der Waals surface area contributed by atoms with Gasteiger partial charge in [0.2, 0.25) is 0 Å². The van der Waals surface area contributed by atoms with Gasteiger partial charge in [0.15, 0.2) is 0 Å². The molecule has 0 amide bonds. The van der Waals surface area contributed by atoms with Crippen LogP contribution in [0.25, 0.3) is 22.0 Å². The van der Waals surface area contributed by atoms with Gasteiger partial charge in [0.1, 0.15) is 0 Å². The molecule has 1 heterocycles. The third-order valence-electron chi connectivity index (χ3n) is 4.45. The Morgan fingerprint density at radius 2 is 1.38 bits per heavy atom. The Kier molecular flexibility index (Phi) is 4.33. The summed E-state index contributed by atoms with van der Waals surface area (Å²) < 4.78 is 1.36. The number of rotatable bonds is 4. The summed E-state index contributed by atoms with van der Waals surface area (Å²) in [6.45, 7) is 0.105. The molecule has 4 aromatic rings. The minimum Gasteiger partial charge on any atom is -0.386 e. The smallest absolute Gasteiger partial charge is 0.274 e. The number of hydrogen-bond acceptors (Lipinski definition) is 3. The molecule has 0 saturated heterocycles. The molecule has 4 heteroatoms. The normalized spacial score (nSPS) is 12.2. The zero-order valence-electron chi connectivity index (χ0n) is 14.1. The fourth-order valence-corrected chi connectivity index (χ4v) is 3.11. The lowest BCUT2D eigenvalue weighted by Crippen LogP contribution is -2.26. The summed E-state index contributed by atoms with van der Waals surface area (Å²) in [7, 11) is 0. The summed E-state index contributed by atoms with van der Waals surface area (Å²) in [4.78, 5) is 12.9. The number of aromatic nitrogens is 2. The largest absolute Gasteiger partial charge is 0.386 e. The maximum absolute atomic E-state index is 12.9. The predicted molar refractivity (Wildman–Crippen MR) is 103 cm³/mol. The first-order chi connectivity index (χ1) is 12.7. The van der Waals surface area contributed by atoms with Crippen molar-refractivity contribution in [3.05, 3.63) is 101 Å². The van der Waals surface area contributed by atoms with E-state index in [1.165, 1.54) is 4.68 Å². The van der Waals surface area contributed by atoms with Gasteiger partial charge in [-0.15, -0.1) is 0 Å². The molecule has 4 rings (SSSR count). The first kappa shape index (κ1) is 16.2. The van der Waals surface area contributed by atoms with Crippen LogP contribution in [0.4, 0.5) is 0 Å². The summed E-state index contributed by atoms with van der Waals surface area (Å²) in [5, 5.41) is 16.5. The van der Waals surface area contributed by atoms with Crippen molar-refractivity contribution in [2.45, 2.75) is 12.6 Å². The van der Waals surface area contributed by atoms with Crippen molar-refractivity contribution < 1.29 is 5.11 Å². The standard InChI is InChI=1S/C22H18N2O2/c25-20(16-9-3-1-4-10-16)15-24-22(26)19-14-8-7-13-18(19)21(23-24)17-11-5-2-6-12-17/h1-14,20,25H,15H2. The maximum atomic E-state index is 12.9. The lowest BCUT2D eigenvalue weighted by atomic mass is 10.0. The van der Waals surface area contributed by atoms with Crippen LogP contribution in [0.15, 0.2) is 89.7 Å². The third-order valence-corrected chi connectivity index (χ3v) is 4.45.